The van der Waals surface area contributed by atoms with Crippen molar-refractivity contribution < 1.29 is 4.79 Å². The van der Waals surface area contributed by atoms with E-state index in [1.165, 1.54) is 0 Å². The Morgan fingerprint density at radius 3 is 2.52 bits per heavy atom. The van der Waals surface area contributed by atoms with Crippen molar-refractivity contribution in [2.75, 3.05) is 24.3 Å². The van der Waals surface area contributed by atoms with E-state index in [-0.39, 0.29) is 16.8 Å². The van der Waals surface area contributed by atoms with Crippen LogP contribution in [0.2, 0.25) is 0 Å². The molecular formula is C20H28BrN5O. The van der Waals surface area contributed by atoms with Crippen molar-refractivity contribution in [3.63, 3.8) is 0 Å². The third-order valence-electron chi connectivity index (χ3n) is 5.06. The number of rotatable bonds is 6. The van der Waals surface area contributed by atoms with E-state index in [2.05, 4.69) is 37.6 Å². The van der Waals surface area contributed by atoms with E-state index in [4.69, 9.17) is 4.98 Å². The number of alkyl halides is 1. The van der Waals surface area contributed by atoms with Crippen LogP contribution in [-0.4, -0.2) is 46.9 Å². The summed E-state index contributed by atoms with van der Waals surface area (Å²) in [5, 5.41) is 7.71. The molecule has 0 spiro atoms. The van der Waals surface area contributed by atoms with Crippen molar-refractivity contribution in [3.05, 3.63) is 24.3 Å². The first-order valence-corrected chi connectivity index (χ1v) is 10.5. The average Bonchev–Trinajstić information content (AvgIpc) is 2.68. The lowest BCUT2D eigenvalue weighted by Gasteiger charge is -2.30. The maximum Gasteiger partial charge on any atom is 0.233 e. The van der Waals surface area contributed by atoms with E-state index < -0.39 is 0 Å². The molecule has 1 saturated carbocycles. The molecule has 1 aromatic carbocycles. The first-order valence-electron chi connectivity index (χ1n) is 9.63. The summed E-state index contributed by atoms with van der Waals surface area (Å²) < 4.78 is 0. The van der Waals surface area contributed by atoms with E-state index in [0.29, 0.717) is 12.0 Å². The molecule has 1 aliphatic rings. The zero-order valence-corrected chi connectivity index (χ0v) is 17.8. The van der Waals surface area contributed by atoms with Gasteiger partial charge in [0.15, 0.2) is 0 Å². The highest BCUT2D eigenvalue weighted by Crippen LogP contribution is 2.26. The highest BCUT2D eigenvalue weighted by molar-refractivity contribution is 9.10. The quantitative estimate of drug-likeness (QED) is 0.679. The molecule has 1 heterocycles. The largest absolute Gasteiger partial charge is 0.362 e. The normalized spacial score (nSPS) is 20.9. The van der Waals surface area contributed by atoms with Crippen LogP contribution in [0.3, 0.4) is 0 Å². The predicted molar refractivity (Wildman–Crippen MR) is 115 cm³/mol. The fraction of sp³-hybridized carbons (Fsp3) is 0.550. The molecule has 0 radical (unpaired) electrons. The zero-order chi connectivity index (χ0) is 19.4. The molecule has 1 fully saturated rings. The molecular weight excluding hydrogens is 406 g/mol. The van der Waals surface area contributed by atoms with Crippen LogP contribution in [0, 0.1) is 0 Å². The zero-order valence-electron chi connectivity index (χ0n) is 16.2. The van der Waals surface area contributed by atoms with Crippen LogP contribution >= 0.6 is 15.9 Å². The number of anilines is 2. The molecule has 27 heavy (non-hydrogen) atoms. The minimum absolute atomic E-state index is 0.0937. The molecule has 146 valence electrons. The van der Waals surface area contributed by atoms with Gasteiger partial charge >= 0.3 is 0 Å². The van der Waals surface area contributed by atoms with Gasteiger partial charge in [-0.2, -0.15) is 4.98 Å². The van der Waals surface area contributed by atoms with E-state index in [9.17, 15) is 4.79 Å². The number of amides is 1. The smallest absolute Gasteiger partial charge is 0.233 e. The van der Waals surface area contributed by atoms with E-state index in [1.807, 2.05) is 44.1 Å². The minimum atomic E-state index is -0.0937. The van der Waals surface area contributed by atoms with Gasteiger partial charge in [0.2, 0.25) is 11.9 Å². The summed E-state index contributed by atoms with van der Waals surface area (Å²) in [6.07, 6.45) is 4.74. The molecule has 3 rings (SSSR count). The highest BCUT2D eigenvalue weighted by Gasteiger charge is 2.24. The standard InChI is InChI=1S/C20H28BrN5O/c1-4-16(21)19(27)22-13-9-11-14(12-10-13)23-20-24-17-8-6-5-7-15(17)18(25-20)26(2)3/h5-8,13-14,16H,4,9-12H2,1-3H3,(H,22,27)(H,23,24,25). The van der Waals surface area contributed by atoms with Gasteiger partial charge in [0.05, 0.1) is 10.3 Å². The molecule has 0 saturated heterocycles. The van der Waals surface area contributed by atoms with E-state index in [1.54, 1.807) is 0 Å². The second-order valence-corrected chi connectivity index (χ2v) is 8.46. The number of hydrogen-bond donors (Lipinski definition) is 2. The van der Waals surface area contributed by atoms with Crippen LogP contribution in [0.4, 0.5) is 11.8 Å². The lowest BCUT2D eigenvalue weighted by atomic mass is 9.91. The Labute approximate surface area is 169 Å². The van der Waals surface area contributed by atoms with Gasteiger partial charge in [-0.1, -0.05) is 35.0 Å². The van der Waals surface area contributed by atoms with E-state index in [0.717, 1.165) is 48.8 Å². The summed E-state index contributed by atoms with van der Waals surface area (Å²) in [7, 11) is 4.00. The molecule has 6 nitrogen and oxygen atoms in total. The van der Waals surface area contributed by atoms with Gasteiger partial charge in [-0.3, -0.25) is 4.79 Å². The van der Waals surface area contributed by atoms with Gasteiger partial charge in [0.25, 0.3) is 0 Å². The molecule has 0 bridgehead atoms. The number of fused-ring (bicyclic) bond motifs is 1. The second kappa shape index (κ2) is 8.87. The number of nitrogens with zero attached hydrogens (tertiary/aromatic N) is 3. The first-order chi connectivity index (χ1) is 13.0. The Morgan fingerprint density at radius 1 is 1.19 bits per heavy atom. The molecule has 1 atom stereocenters. The maximum atomic E-state index is 12.0. The SMILES string of the molecule is CCC(Br)C(=O)NC1CCC(Nc2nc(N(C)C)c3ccccc3n2)CC1. The monoisotopic (exact) mass is 433 g/mol. The summed E-state index contributed by atoms with van der Waals surface area (Å²) in [4.78, 5) is 23.4. The maximum absolute atomic E-state index is 12.0. The topological polar surface area (TPSA) is 70.2 Å². The van der Waals surface area contributed by atoms with Crippen LogP contribution in [0.5, 0.6) is 0 Å². The van der Waals surface area contributed by atoms with E-state index >= 15 is 0 Å². The molecule has 1 aliphatic carbocycles. The van der Waals surface area contributed by atoms with Crippen molar-refractivity contribution >= 4 is 44.5 Å². The van der Waals surface area contributed by atoms with Crippen molar-refractivity contribution in [2.45, 2.75) is 55.9 Å². The Morgan fingerprint density at radius 2 is 1.85 bits per heavy atom. The fourth-order valence-corrected chi connectivity index (χ4v) is 3.64. The molecule has 0 aliphatic heterocycles. The van der Waals surface area contributed by atoms with Gasteiger partial charge in [-0.25, -0.2) is 4.98 Å². The van der Waals surface area contributed by atoms with Crippen LogP contribution in [0.1, 0.15) is 39.0 Å². The Hall–Kier alpha value is -1.89. The summed E-state index contributed by atoms with van der Waals surface area (Å²) in [6, 6.07) is 8.68. The number of carbonyl (C=O) groups excluding carboxylic acids is 1. The highest BCUT2D eigenvalue weighted by atomic mass is 79.9. The van der Waals surface area contributed by atoms with Crippen LogP contribution in [0.15, 0.2) is 24.3 Å². The Balaban J connectivity index is 1.63. The number of hydrogen-bond acceptors (Lipinski definition) is 5. The number of benzene rings is 1. The first kappa shape index (κ1) is 19.9. The van der Waals surface area contributed by atoms with Crippen molar-refractivity contribution in [3.8, 4) is 0 Å². The Kier molecular flexibility index (Phi) is 6.52. The lowest BCUT2D eigenvalue weighted by Crippen LogP contribution is -2.43. The number of halogens is 1. The molecule has 1 aromatic heterocycles. The van der Waals surface area contributed by atoms with Crippen LogP contribution in [-0.2, 0) is 4.79 Å². The average molecular weight is 434 g/mol. The molecule has 7 heteroatoms. The minimum Gasteiger partial charge on any atom is -0.362 e. The lowest BCUT2D eigenvalue weighted by molar-refractivity contribution is -0.121. The van der Waals surface area contributed by atoms with Crippen molar-refractivity contribution in [2.24, 2.45) is 0 Å². The summed E-state index contributed by atoms with van der Waals surface area (Å²) in [5.74, 6) is 1.70. The van der Waals surface area contributed by atoms with Gasteiger partial charge in [-0.05, 0) is 44.2 Å². The molecule has 2 aromatic rings. The fourth-order valence-electron chi connectivity index (χ4n) is 3.51. The van der Waals surface area contributed by atoms with Gasteiger partial charge in [0.1, 0.15) is 5.82 Å². The third-order valence-corrected chi connectivity index (χ3v) is 6.12. The van der Waals surface area contributed by atoms with Gasteiger partial charge < -0.3 is 15.5 Å². The number of carbonyl (C=O) groups is 1. The summed E-state index contributed by atoms with van der Waals surface area (Å²) >= 11 is 3.42. The molecule has 1 amide bonds. The number of nitrogens with one attached hydrogen (secondary N) is 2. The Bertz CT molecular complexity index is 789. The molecule has 1 unspecified atom stereocenters. The second-order valence-electron chi connectivity index (χ2n) is 7.36. The predicted octanol–water partition coefficient (Wildman–Crippen LogP) is 3.71. The molecule has 2 N–H and O–H groups in total. The van der Waals surface area contributed by atoms with Crippen LogP contribution < -0.4 is 15.5 Å². The summed E-state index contributed by atoms with van der Waals surface area (Å²) in [6.45, 7) is 2.01. The number of para-hydroxylation sites is 1. The summed E-state index contributed by atoms with van der Waals surface area (Å²) in [5.41, 5.74) is 0.947. The number of aromatic nitrogens is 2. The van der Waals surface area contributed by atoms with Crippen LogP contribution in [0.25, 0.3) is 10.9 Å². The van der Waals surface area contributed by atoms with Crippen molar-refractivity contribution in [1.82, 2.24) is 15.3 Å². The van der Waals surface area contributed by atoms with Gasteiger partial charge in [0, 0.05) is 31.6 Å². The van der Waals surface area contributed by atoms with Gasteiger partial charge in [-0.15, -0.1) is 0 Å². The van der Waals surface area contributed by atoms with Crippen molar-refractivity contribution in [1.29, 1.82) is 0 Å². The third kappa shape index (κ3) is 4.89.